The van der Waals surface area contributed by atoms with E-state index in [4.69, 9.17) is 0 Å². The van der Waals surface area contributed by atoms with E-state index in [2.05, 4.69) is 56.8 Å². The van der Waals surface area contributed by atoms with Crippen LogP contribution in [0.25, 0.3) is 0 Å². The summed E-state index contributed by atoms with van der Waals surface area (Å²) >= 11 is 0. The number of hydrogen-bond donors (Lipinski definition) is 1. The second-order valence-electron chi connectivity index (χ2n) is 7.31. The number of hydrogen-bond acceptors (Lipinski definition) is 6. The van der Waals surface area contributed by atoms with Gasteiger partial charge in [-0.2, -0.15) is 0 Å². The van der Waals surface area contributed by atoms with Gasteiger partial charge in [0.25, 0.3) is 5.91 Å². The molecule has 7 nitrogen and oxygen atoms in total. The minimum Gasteiger partial charge on any atom is -0.372 e. The van der Waals surface area contributed by atoms with Gasteiger partial charge in [0.1, 0.15) is 17.8 Å². The van der Waals surface area contributed by atoms with Crippen molar-refractivity contribution in [2.75, 3.05) is 60.9 Å². The number of aromatic nitrogens is 2. The summed E-state index contributed by atoms with van der Waals surface area (Å²) in [5, 5.41) is 3.00. The number of amides is 1. The van der Waals surface area contributed by atoms with Gasteiger partial charge in [0.2, 0.25) is 0 Å². The van der Waals surface area contributed by atoms with E-state index in [-0.39, 0.29) is 5.91 Å². The van der Waals surface area contributed by atoms with Crippen molar-refractivity contribution < 1.29 is 4.79 Å². The molecule has 0 radical (unpaired) electrons. The SMILES string of the molecule is CCN1CCN(c2cc(C(=O)Nc3ccc(N(CC)CC)cc3C)ncn2)CC1. The molecule has 1 aliphatic heterocycles. The highest BCUT2D eigenvalue weighted by molar-refractivity contribution is 6.03. The van der Waals surface area contributed by atoms with Crippen LogP contribution in [0.4, 0.5) is 17.2 Å². The van der Waals surface area contributed by atoms with Crippen molar-refractivity contribution in [2.24, 2.45) is 0 Å². The first-order valence-electron chi connectivity index (χ1n) is 10.5. The average Bonchev–Trinajstić information content (AvgIpc) is 2.76. The smallest absolute Gasteiger partial charge is 0.274 e. The Balaban J connectivity index is 1.70. The van der Waals surface area contributed by atoms with Gasteiger partial charge in [-0.05, 0) is 51.1 Å². The summed E-state index contributed by atoms with van der Waals surface area (Å²) < 4.78 is 0. The number of carbonyl (C=O) groups is 1. The third-order valence-corrected chi connectivity index (χ3v) is 5.62. The topological polar surface area (TPSA) is 64.6 Å². The Morgan fingerprint density at radius 1 is 1.07 bits per heavy atom. The molecule has 0 atom stereocenters. The summed E-state index contributed by atoms with van der Waals surface area (Å²) in [4.78, 5) is 28.3. The molecule has 7 heteroatoms. The Morgan fingerprint density at radius 3 is 2.41 bits per heavy atom. The lowest BCUT2D eigenvalue weighted by atomic mass is 10.1. The first kappa shape index (κ1) is 21.0. The molecule has 1 saturated heterocycles. The molecule has 0 aliphatic carbocycles. The highest BCUT2D eigenvalue weighted by Crippen LogP contribution is 2.23. The van der Waals surface area contributed by atoms with Crippen LogP contribution >= 0.6 is 0 Å². The van der Waals surface area contributed by atoms with Gasteiger partial charge < -0.3 is 20.0 Å². The summed E-state index contributed by atoms with van der Waals surface area (Å²) in [5.74, 6) is 0.606. The maximum Gasteiger partial charge on any atom is 0.274 e. The first-order chi connectivity index (χ1) is 14.0. The lowest BCUT2D eigenvalue weighted by molar-refractivity contribution is 0.102. The molecule has 0 spiro atoms. The molecule has 156 valence electrons. The predicted molar refractivity (Wildman–Crippen MR) is 119 cm³/mol. The predicted octanol–water partition coefficient (Wildman–Crippen LogP) is 3.03. The summed E-state index contributed by atoms with van der Waals surface area (Å²) in [7, 11) is 0. The normalized spacial score (nSPS) is 14.7. The van der Waals surface area contributed by atoms with Crippen LogP contribution in [0.3, 0.4) is 0 Å². The molecule has 1 fully saturated rings. The van der Waals surface area contributed by atoms with Crippen molar-refractivity contribution in [3.63, 3.8) is 0 Å². The molecular formula is C22H32N6O. The van der Waals surface area contributed by atoms with Gasteiger partial charge in [-0.15, -0.1) is 0 Å². The Hall–Kier alpha value is -2.67. The highest BCUT2D eigenvalue weighted by Gasteiger charge is 2.19. The third kappa shape index (κ3) is 5.03. The number of carbonyl (C=O) groups excluding carboxylic acids is 1. The Kier molecular flexibility index (Phi) is 7.04. The number of aryl methyl sites for hydroxylation is 1. The first-order valence-corrected chi connectivity index (χ1v) is 10.5. The van der Waals surface area contributed by atoms with Crippen LogP contribution in [0.1, 0.15) is 36.8 Å². The molecule has 0 saturated carbocycles. The van der Waals surface area contributed by atoms with Crippen LogP contribution in [-0.4, -0.2) is 66.6 Å². The second-order valence-corrected chi connectivity index (χ2v) is 7.31. The number of piperazine rings is 1. The van der Waals surface area contributed by atoms with Crippen LogP contribution in [0.2, 0.25) is 0 Å². The average molecular weight is 397 g/mol. The van der Waals surface area contributed by atoms with Crippen LogP contribution in [0, 0.1) is 6.92 Å². The zero-order valence-electron chi connectivity index (χ0n) is 18.0. The van der Waals surface area contributed by atoms with Gasteiger partial charge in [0.15, 0.2) is 0 Å². The third-order valence-electron chi connectivity index (χ3n) is 5.62. The minimum absolute atomic E-state index is 0.209. The highest BCUT2D eigenvalue weighted by atomic mass is 16.1. The molecule has 2 heterocycles. The Morgan fingerprint density at radius 2 is 1.79 bits per heavy atom. The molecular weight excluding hydrogens is 364 g/mol. The molecule has 29 heavy (non-hydrogen) atoms. The maximum absolute atomic E-state index is 12.8. The second kappa shape index (κ2) is 9.69. The van der Waals surface area contributed by atoms with Gasteiger partial charge in [-0.1, -0.05) is 6.92 Å². The number of anilines is 3. The molecule has 1 N–H and O–H groups in total. The van der Waals surface area contributed by atoms with Crippen molar-refractivity contribution in [1.29, 1.82) is 0 Å². The summed E-state index contributed by atoms with van der Waals surface area (Å²) in [6.45, 7) is 15.3. The Labute approximate surface area is 173 Å². The molecule has 1 aromatic heterocycles. The van der Waals surface area contributed by atoms with Crippen molar-refractivity contribution in [3.8, 4) is 0 Å². The summed E-state index contributed by atoms with van der Waals surface area (Å²) in [5.41, 5.74) is 3.40. The number of nitrogens with zero attached hydrogens (tertiary/aromatic N) is 5. The van der Waals surface area contributed by atoms with E-state index in [9.17, 15) is 4.79 Å². The zero-order valence-corrected chi connectivity index (χ0v) is 18.0. The van der Waals surface area contributed by atoms with Crippen molar-refractivity contribution in [2.45, 2.75) is 27.7 Å². The fourth-order valence-corrected chi connectivity index (χ4v) is 3.70. The van der Waals surface area contributed by atoms with Gasteiger partial charge in [0.05, 0.1) is 0 Å². The van der Waals surface area contributed by atoms with E-state index >= 15 is 0 Å². The van der Waals surface area contributed by atoms with E-state index in [0.29, 0.717) is 5.69 Å². The van der Waals surface area contributed by atoms with E-state index in [1.54, 1.807) is 6.07 Å². The van der Waals surface area contributed by atoms with Crippen LogP contribution in [-0.2, 0) is 0 Å². The molecule has 2 aromatic rings. The van der Waals surface area contributed by atoms with Gasteiger partial charge in [-0.3, -0.25) is 4.79 Å². The number of nitrogens with one attached hydrogen (secondary N) is 1. The van der Waals surface area contributed by atoms with Gasteiger partial charge >= 0.3 is 0 Å². The van der Waals surface area contributed by atoms with Crippen molar-refractivity contribution in [3.05, 3.63) is 41.9 Å². The van der Waals surface area contributed by atoms with E-state index in [1.165, 1.54) is 12.0 Å². The number of benzene rings is 1. The van der Waals surface area contributed by atoms with E-state index < -0.39 is 0 Å². The minimum atomic E-state index is -0.209. The van der Waals surface area contributed by atoms with Crippen LogP contribution < -0.4 is 15.1 Å². The monoisotopic (exact) mass is 396 g/mol. The molecule has 3 rings (SSSR count). The summed E-state index contributed by atoms with van der Waals surface area (Å²) in [6.07, 6.45) is 1.48. The lowest BCUT2D eigenvalue weighted by Gasteiger charge is -2.34. The lowest BCUT2D eigenvalue weighted by Crippen LogP contribution is -2.46. The molecule has 1 aromatic carbocycles. The van der Waals surface area contributed by atoms with Crippen LogP contribution in [0.5, 0.6) is 0 Å². The summed E-state index contributed by atoms with van der Waals surface area (Å²) in [6, 6.07) is 7.92. The zero-order chi connectivity index (χ0) is 20.8. The van der Waals surface area contributed by atoms with E-state index in [0.717, 1.165) is 62.9 Å². The standard InChI is InChI=1S/C22H32N6O/c1-5-26-10-12-28(13-11-26)21-15-20(23-16-24-21)22(29)25-19-9-8-18(14-17(19)4)27(6-2)7-3/h8-9,14-16H,5-7,10-13H2,1-4H3,(H,25,29). The fourth-order valence-electron chi connectivity index (χ4n) is 3.70. The number of rotatable bonds is 7. The number of likely N-dealkylation sites (N-methyl/N-ethyl adjacent to an activating group) is 1. The fraction of sp³-hybridized carbons (Fsp3) is 0.500. The molecule has 0 unspecified atom stereocenters. The maximum atomic E-state index is 12.8. The quantitative estimate of drug-likeness (QED) is 0.776. The van der Waals surface area contributed by atoms with E-state index in [1.807, 2.05) is 19.1 Å². The van der Waals surface area contributed by atoms with Crippen molar-refractivity contribution in [1.82, 2.24) is 14.9 Å². The van der Waals surface area contributed by atoms with Gasteiger partial charge in [0, 0.05) is 56.7 Å². The molecule has 1 amide bonds. The molecule has 0 bridgehead atoms. The van der Waals surface area contributed by atoms with Crippen molar-refractivity contribution >= 4 is 23.1 Å². The van der Waals surface area contributed by atoms with Gasteiger partial charge in [-0.25, -0.2) is 9.97 Å². The van der Waals surface area contributed by atoms with Crippen LogP contribution in [0.15, 0.2) is 30.6 Å². The largest absolute Gasteiger partial charge is 0.372 e. The molecule has 1 aliphatic rings. The Bertz CT molecular complexity index is 828.